The van der Waals surface area contributed by atoms with Crippen molar-refractivity contribution >= 4 is 23.3 Å². The van der Waals surface area contributed by atoms with Gasteiger partial charge >= 0.3 is 0 Å². The van der Waals surface area contributed by atoms with E-state index in [2.05, 4.69) is 35.5 Å². The number of Topliss-reactive ketones (excluding diaryl/α,β-unsaturated/α-hetero) is 1. The third-order valence-electron chi connectivity index (χ3n) is 3.36. The lowest BCUT2D eigenvalue weighted by Crippen LogP contribution is -2.29. The fraction of sp³-hybridized carbons (Fsp3) is 0.429. The molecule has 0 N–H and O–H groups in total. The van der Waals surface area contributed by atoms with Crippen molar-refractivity contribution in [2.75, 3.05) is 5.75 Å². The molecule has 0 atom stereocenters. The van der Waals surface area contributed by atoms with Gasteiger partial charge in [-0.15, -0.1) is 11.7 Å². The van der Waals surface area contributed by atoms with Gasteiger partial charge in [-0.1, -0.05) is 31.7 Å². The highest BCUT2D eigenvalue weighted by Crippen LogP contribution is 2.34. The van der Waals surface area contributed by atoms with Crippen LogP contribution in [-0.2, 0) is 6.42 Å². The van der Waals surface area contributed by atoms with E-state index in [0.29, 0.717) is 22.9 Å². The lowest BCUT2D eigenvalue weighted by Gasteiger charge is -2.29. The van der Waals surface area contributed by atoms with Gasteiger partial charge in [0.25, 0.3) is 5.78 Å². The molecule has 0 aromatic carbocycles. The van der Waals surface area contributed by atoms with Gasteiger partial charge in [0.15, 0.2) is 5.78 Å². The Balaban J connectivity index is 2.12. The second-order valence-electron chi connectivity index (χ2n) is 5.77. The number of rotatable bonds is 3. The first-order valence-electron chi connectivity index (χ1n) is 6.52. The molecule has 0 aliphatic heterocycles. The Morgan fingerprint density at radius 1 is 1.50 bits per heavy atom. The molecule has 0 spiro atoms. The minimum Gasteiger partial charge on any atom is -0.294 e. The summed E-state index contributed by atoms with van der Waals surface area (Å²) in [6, 6.07) is 0. The van der Waals surface area contributed by atoms with E-state index in [-0.39, 0.29) is 11.2 Å². The Morgan fingerprint density at radius 2 is 2.30 bits per heavy atom. The van der Waals surface area contributed by atoms with Gasteiger partial charge in [0.05, 0.1) is 11.3 Å². The number of ketones is 1. The molecule has 0 saturated heterocycles. The summed E-state index contributed by atoms with van der Waals surface area (Å²) in [6.07, 6.45) is 4.81. The van der Waals surface area contributed by atoms with E-state index in [1.165, 1.54) is 11.8 Å². The quantitative estimate of drug-likeness (QED) is 0.641. The van der Waals surface area contributed by atoms with Crippen LogP contribution in [0.1, 0.15) is 36.3 Å². The SMILES string of the molecule is C=CCSc1nc2ncc3c(n2n1)CC(C)(C)CC3=O. The van der Waals surface area contributed by atoms with Gasteiger partial charge in [-0.25, -0.2) is 4.98 Å². The molecule has 2 aromatic heterocycles. The molecule has 0 bridgehead atoms. The van der Waals surface area contributed by atoms with Gasteiger partial charge < -0.3 is 0 Å². The predicted octanol–water partition coefficient (Wildman–Crippen LogP) is 2.56. The Bertz CT molecular complexity index is 705. The largest absolute Gasteiger partial charge is 0.294 e. The maximum absolute atomic E-state index is 12.2. The summed E-state index contributed by atoms with van der Waals surface area (Å²) in [5.41, 5.74) is 1.56. The van der Waals surface area contributed by atoms with Gasteiger partial charge in [0, 0.05) is 18.4 Å². The number of fused-ring (bicyclic) bond motifs is 3. The lowest BCUT2D eigenvalue weighted by atomic mass is 9.76. The normalized spacial score (nSPS) is 17.2. The summed E-state index contributed by atoms with van der Waals surface area (Å²) >= 11 is 1.51. The van der Waals surface area contributed by atoms with Gasteiger partial charge in [-0.05, 0) is 11.8 Å². The minimum absolute atomic E-state index is 0.0429. The molecular weight excluding hydrogens is 272 g/mol. The Hall–Kier alpha value is -1.69. The van der Waals surface area contributed by atoms with E-state index in [1.54, 1.807) is 10.7 Å². The van der Waals surface area contributed by atoms with Crippen molar-refractivity contribution in [3.05, 3.63) is 30.1 Å². The zero-order valence-corrected chi connectivity index (χ0v) is 12.4. The molecule has 2 heterocycles. The van der Waals surface area contributed by atoms with Crippen LogP contribution in [-0.4, -0.2) is 31.1 Å². The molecule has 3 rings (SSSR count). The maximum Gasteiger partial charge on any atom is 0.253 e. The highest BCUT2D eigenvalue weighted by atomic mass is 32.2. The second-order valence-corrected chi connectivity index (χ2v) is 6.75. The number of hydrogen-bond donors (Lipinski definition) is 0. The molecule has 0 amide bonds. The van der Waals surface area contributed by atoms with E-state index < -0.39 is 0 Å². The van der Waals surface area contributed by atoms with Gasteiger partial charge in [0.2, 0.25) is 5.16 Å². The number of carbonyl (C=O) groups excluding carboxylic acids is 1. The fourth-order valence-electron chi connectivity index (χ4n) is 2.50. The third kappa shape index (κ3) is 2.24. The Labute approximate surface area is 121 Å². The molecule has 1 aliphatic rings. The molecular formula is C14H16N4OS. The zero-order chi connectivity index (χ0) is 14.3. The van der Waals surface area contributed by atoms with Gasteiger partial charge in [-0.3, -0.25) is 4.79 Å². The summed E-state index contributed by atoms with van der Waals surface area (Å²) in [7, 11) is 0. The lowest BCUT2D eigenvalue weighted by molar-refractivity contribution is 0.0908. The molecule has 5 nitrogen and oxygen atoms in total. The average molecular weight is 288 g/mol. The summed E-state index contributed by atoms with van der Waals surface area (Å²) in [4.78, 5) is 20.8. The summed E-state index contributed by atoms with van der Waals surface area (Å²) in [5, 5.41) is 5.14. The van der Waals surface area contributed by atoms with E-state index in [0.717, 1.165) is 17.9 Å². The van der Waals surface area contributed by atoms with Crippen LogP contribution in [0.25, 0.3) is 5.78 Å². The monoisotopic (exact) mass is 288 g/mol. The number of aromatic nitrogens is 4. The van der Waals surface area contributed by atoms with Crippen molar-refractivity contribution in [1.82, 2.24) is 19.6 Å². The highest BCUT2D eigenvalue weighted by molar-refractivity contribution is 7.99. The van der Waals surface area contributed by atoms with Crippen LogP contribution in [0, 0.1) is 5.41 Å². The Morgan fingerprint density at radius 3 is 3.05 bits per heavy atom. The van der Waals surface area contributed by atoms with Gasteiger partial charge in [0.1, 0.15) is 0 Å². The zero-order valence-electron chi connectivity index (χ0n) is 11.6. The molecule has 1 aliphatic carbocycles. The summed E-state index contributed by atoms with van der Waals surface area (Å²) < 4.78 is 1.72. The summed E-state index contributed by atoms with van der Waals surface area (Å²) in [6.45, 7) is 7.89. The molecule has 6 heteroatoms. The second kappa shape index (κ2) is 4.70. The van der Waals surface area contributed by atoms with E-state index in [4.69, 9.17) is 0 Å². The number of carbonyl (C=O) groups is 1. The van der Waals surface area contributed by atoms with Crippen LogP contribution >= 0.6 is 11.8 Å². The van der Waals surface area contributed by atoms with Crippen LogP contribution in [0.4, 0.5) is 0 Å². The van der Waals surface area contributed by atoms with Crippen LogP contribution < -0.4 is 0 Å². The minimum atomic E-state index is -0.0429. The molecule has 2 aromatic rings. The summed E-state index contributed by atoms with van der Waals surface area (Å²) in [5.74, 6) is 1.45. The molecule has 0 saturated carbocycles. The smallest absolute Gasteiger partial charge is 0.253 e. The van der Waals surface area contributed by atoms with Gasteiger partial charge in [-0.2, -0.15) is 9.50 Å². The first kappa shape index (κ1) is 13.3. The molecule has 0 fully saturated rings. The number of thioether (sulfide) groups is 1. The molecule has 0 radical (unpaired) electrons. The first-order chi connectivity index (χ1) is 9.50. The van der Waals surface area contributed by atoms with Crippen molar-refractivity contribution in [1.29, 1.82) is 0 Å². The fourth-order valence-corrected chi connectivity index (χ4v) is 3.06. The van der Waals surface area contributed by atoms with E-state index >= 15 is 0 Å². The molecule has 20 heavy (non-hydrogen) atoms. The first-order valence-corrected chi connectivity index (χ1v) is 7.50. The average Bonchev–Trinajstić information content (AvgIpc) is 2.78. The maximum atomic E-state index is 12.2. The Kier molecular flexibility index (Phi) is 3.12. The van der Waals surface area contributed by atoms with Crippen LogP contribution in [0.2, 0.25) is 0 Å². The van der Waals surface area contributed by atoms with Crippen molar-refractivity contribution in [3.8, 4) is 0 Å². The standard InChI is InChI=1S/C14H16N4OS/c1-4-5-20-13-16-12-15-8-9-10(18(12)17-13)6-14(2,3)7-11(9)19/h4,8H,1,5-7H2,2-3H3. The number of hydrogen-bond acceptors (Lipinski definition) is 5. The van der Waals surface area contributed by atoms with E-state index in [9.17, 15) is 4.79 Å². The highest BCUT2D eigenvalue weighted by Gasteiger charge is 2.33. The predicted molar refractivity (Wildman–Crippen MR) is 78.1 cm³/mol. The number of nitrogens with zero attached hydrogens (tertiary/aromatic N) is 4. The molecule has 0 unspecified atom stereocenters. The van der Waals surface area contributed by atoms with E-state index in [1.807, 2.05) is 6.08 Å². The van der Waals surface area contributed by atoms with Crippen LogP contribution in [0.5, 0.6) is 0 Å². The van der Waals surface area contributed by atoms with Crippen LogP contribution in [0.15, 0.2) is 24.0 Å². The molecule has 104 valence electrons. The van der Waals surface area contributed by atoms with Crippen LogP contribution in [0.3, 0.4) is 0 Å². The third-order valence-corrected chi connectivity index (χ3v) is 4.20. The van der Waals surface area contributed by atoms with Crippen molar-refractivity contribution < 1.29 is 4.79 Å². The van der Waals surface area contributed by atoms with Crippen molar-refractivity contribution in [2.45, 2.75) is 31.8 Å². The van der Waals surface area contributed by atoms with Crippen molar-refractivity contribution in [3.63, 3.8) is 0 Å². The van der Waals surface area contributed by atoms with Crippen molar-refractivity contribution in [2.24, 2.45) is 5.41 Å². The topological polar surface area (TPSA) is 60.1 Å².